The predicted octanol–water partition coefficient (Wildman–Crippen LogP) is 1.57. The SMILES string of the molecule is COC(=O)c1ccccc1NC(=O)C(=O)N(C(C)=O)c1ccc(N)cc1. The van der Waals surface area contributed by atoms with Crippen molar-refractivity contribution in [3.8, 4) is 0 Å². The van der Waals surface area contributed by atoms with Crippen LogP contribution < -0.4 is 16.0 Å². The fourth-order valence-electron chi connectivity index (χ4n) is 2.22. The van der Waals surface area contributed by atoms with E-state index in [0.717, 1.165) is 11.8 Å². The number of methoxy groups -OCH3 is 1. The van der Waals surface area contributed by atoms with Crippen LogP contribution in [0.4, 0.5) is 17.1 Å². The standard InChI is InChI=1S/C18H17N3O5/c1-11(22)21(13-9-7-12(19)8-10-13)17(24)16(23)20-15-6-4-3-5-14(15)18(25)26-2/h3-10H,19H2,1-2H3,(H,20,23). The molecule has 26 heavy (non-hydrogen) atoms. The molecule has 0 bridgehead atoms. The number of para-hydroxylation sites is 1. The van der Waals surface area contributed by atoms with Crippen molar-refractivity contribution >= 4 is 40.8 Å². The Kier molecular flexibility index (Phi) is 5.69. The molecule has 0 unspecified atom stereocenters. The molecule has 0 aliphatic heterocycles. The lowest BCUT2D eigenvalue weighted by atomic mass is 10.1. The van der Waals surface area contributed by atoms with Crippen molar-refractivity contribution in [1.29, 1.82) is 0 Å². The van der Waals surface area contributed by atoms with Gasteiger partial charge in [0, 0.05) is 12.6 Å². The normalized spacial score (nSPS) is 9.92. The van der Waals surface area contributed by atoms with E-state index in [1.165, 1.54) is 43.5 Å². The van der Waals surface area contributed by atoms with E-state index in [1.807, 2.05) is 0 Å². The number of carbonyl (C=O) groups excluding carboxylic acids is 4. The van der Waals surface area contributed by atoms with Crippen LogP contribution in [-0.4, -0.2) is 30.8 Å². The van der Waals surface area contributed by atoms with Crippen LogP contribution in [0.1, 0.15) is 17.3 Å². The summed E-state index contributed by atoms with van der Waals surface area (Å²) >= 11 is 0. The zero-order valence-corrected chi connectivity index (χ0v) is 14.2. The lowest BCUT2D eigenvalue weighted by Crippen LogP contribution is -2.42. The first kappa shape index (κ1) is 18.7. The van der Waals surface area contributed by atoms with Crippen LogP contribution in [0.3, 0.4) is 0 Å². The number of hydrogen-bond acceptors (Lipinski definition) is 6. The number of anilines is 3. The Balaban J connectivity index is 2.28. The van der Waals surface area contributed by atoms with Gasteiger partial charge in [-0.25, -0.2) is 9.69 Å². The van der Waals surface area contributed by atoms with Crippen molar-refractivity contribution in [1.82, 2.24) is 0 Å². The Morgan fingerprint density at radius 2 is 1.62 bits per heavy atom. The summed E-state index contributed by atoms with van der Waals surface area (Å²) in [7, 11) is 1.20. The maximum absolute atomic E-state index is 12.5. The highest BCUT2D eigenvalue weighted by Crippen LogP contribution is 2.19. The molecule has 0 atom stereocenters. The van der Waals surface area contributed by atoms with Gasteiger partial charge in [0.15, 0.2) is 0 Å². The monoisotopic (exact) mass is 355 g/mol. The highest BCUT2D eigenvalue weighted by molar-refractivity contribution is 6.48. The molecule has 0 radical (unpaired) electrons. The Morgan fingerprint density at radius 1 is 1.00 bits per heavy atom. The smallest absolute Gasteiger partial charge is 0.339 e. The van der Waals surface area contributed by atoms with Crippen LogP contribution in [0, 0.1) is 0 Å². The topological polar surface area (TPSA) is 119 Å². The minimum atomic E-state index is -1.10. The Morgan fingerprint density at radius 3 is 2.19 bits per heavy atom. The molecule has 0 fully saturated rings. The third-order valence-corrected chi connectivity index (χ3v) is 3.44. The third kappa shape index (κ3) is 4.04. The number of hydrogen-bond donors (Lipinski definition) is 2. The molecule has 8 heteroatoms. The summed E-state index contributed by atoms with van der Waals surface area (Å²) in [5.41, 5.74) is 6.41. The van der Waals surface area contributed by atoms with E-state index < -0.39 is 23.7 Å². The molecule has 0 aromatic heterocycles. The average molecular weight is 355 g/mol. The molecule has 2 aromatic carbocycles. The first-order valence-corrected chi connectivity index (χ1v) is 7.54. The molecule has 8 nitrogen and oxygen atoms in total. The second kappa shape index (κ2) is 7.93. The van der Waals surface area contributed by atoms with Crippen LogP contribution >= 0.6 is 0 Å². The molecule has 0 saturated heterocycles. The van der Waals surface area contributed by atoms with Crippen molar-refractivity contribution in [3.63, 3.8) is 0 Å². The van der Waals surface area contributed by atoms with E-state index in [0.29, 0.717) is 5.69 Å². The summed E-state index contributed by atoms with van der Waals surface area (Å²) in [4.78, 5) is 49.1. The number of nitrogen functional groups attached to an aromatic ring is 1. The van der Waals surface area contributed by atoms with Gasteiger partial charge in [-0.3, -0.25) is 14.4 Å². The largest absolute Gasteiger partial charge is 0.465 e. The molecule has 0 saturated carbocycles. The molecule has 0 aliphatic rings. The van der Waals surface area contributed by atoms with Gasteiger partial charge in [0.1, 0.15) is 0 Å². The van der Waals surface area contributed by atoms with Crippen molar-refractivity contribution in [2.24, 2.45) is 0 Å². The van der Waals surface area contributed by atoms with Gasteiger partial charge < -0.3 is 15.8 Å². The molecule has 0 aliphatic carbocycles. The fourth-order valence-corrected chi connectivity index (χ4v) is 2.22. The number of amides is 3. The first-order valence-electron chi connectivity index (χ1n) is 7.54. The Hall–Kier alpha value is -3.68. The number of rotatable bonds is 3. The maximum Gasteiger partial charge on any atom is 0.339 e. The molecule has 2 aromatic rings. The highest BCUT2D eigenvalue weighted by atomic mass is 16.5. The highest BCUT2D eigenvalue weighted by Gasteiger charge is 2.27. The van der Waals surface area contributed by atoms with Crippen molar-refractivity contribution in [2.75, 3.05) is 23.1 Å². The molecule has 0 heterocycles. The maximum atomic E-state index is 12.5. The molecule has 3 amide bonds. The quantitative estimate of drug-likeness (QED) is 0.490. The second-order valence-corrected chi connectivity index (χ2v) is 5.24. The third-order valence-electron chi connectivity index (χ3n) is 3.44. The molecular weight excluding hydrogens is 338 g/mol. The minimum Gasteiger partial charge on any atom is -0.465 e. The lowest BCUT2D eigenvalue weighted by molar-refractivity contribution is -0.136. The van der Waals surface area contributed by atoms with Crippen molar-refractivity contribution < 1.29 is 23.9 Å². The van der Waals surface area contributed by atoms with E-state index in [1.54, 1.807) is 12.1 Å². The molecular formula is C18H17N3O5. The number of benzene rings is 2. The lowest BCUT2D eigenvalue weighted by Gasteiger charge is -2.19. The van der Waals surface area contributed by atoms with Crippen LogP contribution in [0.2, 0.25) is 0 Å². The predicted molar refractivity (Wildman–Crippen MR) is 95.4 cm³/mol. The van der Waals surface area contributed by atoms with Crippen molar-refractivity contribution in [2.45, 2.75) is 6.92 Å². The van der Waals surface area contributed by atoms with Gasteiger partial charge >= 0.3 is 17.8 Å². The van der Waals surface area contributed by atoms with E-state index in [2.05, 4.69) is 10.1 Å². The number of ether oxygens (including phenoxy) is 1. The summed E-state index contributed by atoms with van der Waals surface area (Å²) in [5.74, 6) is -3.48. The Bertz CT molecular complexity index is 861. The van der Waals surface area contributed by atoms with Crippen molar-refractivity contribution in [3.05, 3.63) is 54.1 Å². The second-order valence-electron chi connectivity index (χ2n) is 5.24. The molecule has 2 rings (SSSR count). The zero-order chi connectivity index (χ0) is 19.3. The summed E-state index contributed by atoms with van der Waals surface area (Å²) in [6.07, 6.45) is 0. The van der Waals surface area contributed by atoms with Gasteiger partial charge in [0.2, 0.25) is 5.91 Å². The summed E-state index contributed by atoms with van der Waals surface area (Å²) in [6.45, 7) is 1.16. The van der Waals surface area contributed by atoms with Gasteiger partial charge in [0.25, 0.3) is 0 Å². The van der Waals surface area contributed by atoms with E-state index in [9.17, 15) is 19.2 Å². The zero-order valence-electron chi connectivity index (χ0n) is 14.2. The minimum absolute atomic E-state index is 0.0815. The van der Waals surface area contributed by atoms with Gasteiger partial charge in [-0.15, -0.1) is 0 Å². The fraction of sp³-hybridized carbons (Fsp3) is 0.111. The number of esters is 1. The average Bonchev–Trinajstić information content (AvgIpc) is 2.63. The van der Waals surface area contributed by atoms with Crippen LogP contribution in [0.25, 0.3) is 0 Å². The summed E-state index contributed by atoms with van der Waals surface area (Å²) < 4.78 is 4.63. The number of nitrogens with two attached hydrogens (primary N) is 1. The molecule has 3 N–H and O–H groups in total. The van der Waals surface area contributed by atoms with E-state index >= 15 is 0 Å². The first-order chi connectivity index (χ1) is 12.3. The van der Waals surface area contributed by atoms with E-state index in [4.69, 9.17) is 5.73 Å². The number of carbonyl (C=O) groups is 4. The van der Waals surface area contributed by atoms with Crippen LogP contribution in [0.5, 0.6) is 0 Å². The summed E-state index contributed by atoms with van der Waals surface area (Å²) in [6, 6.07) is 11.9. The number of nitrogens with zero attached hydrogens (tertiary/aromatic N) is 1. The number of nitrogens with one attached hydrogen (secondary N) is 1. The Labute approximate surface area is 149 Å². The van der Waals surface area contributed by atoms with Gasteiger partial charge in [-0.05, 0) is 36.4 Å². The van der Waals surface area contributed by atoms with Crippen LogP contribution in [-0.2, 0) is 19.1 Å². The molecule has 134 valence electrons. The van der Waals surface area contributed by atoms with E-state index in [-0.39, 0.29) is 16.9 Å². The van der Waals surface area contributed by atoms with Crippen LogP contribution in [0.15, 0.2) is 48.5 Å². The van der Waals surface area contributed by atoms with Gasteiger partial charge in [-0.1, -0.05) is 12.1 Å². The van der Waals surface area contributed by atoms with Gasteiger partial charge in [0.05, 0.1) is 24.0 Å². The molecule has 0 spiro atoms. The summed E-state index contributed by atoms with van der Waals surface area (Å²) in [5, 5.41) is 2.33. The number of imide groups is 1. The van der Waals surface area contributed by atoms with Gasteiger partial charge in [-0.2, -0.15) is 0 Å².